The third kappa shape index (κ3) is 3.27. The van der Waals surface area contributed by atoms with Crippen molar-refractivity contribution in [3.05, 3.63) is 38.2 Å². The van der Waals surface area contributed by atoms with Crippen LogP contribution in [0.4, 0.5) is 0 Å². The maximum absolute atomic E-state index is 9.40. The molecule has 2 rings (SSSR count). The van der Waals surface area contributed by atoms with Gasteiger partial charge in [0.15, 0.2) is 0 Å². The Balaban J connectivity index is 2.41. The van der Waals surface area contributed by atoms with Crippen LogP contribution in [-0.4, -0.2) is 20.1 Å². The van der Waals surface area contributed by atoms with Gasteiger partial charge in [0.25, 0.3) is 0 Å². The highest BCUT2D eigenvalue weighted by Crippen LogP contribution is 2.23. The second-order valence-electron chi connectivity index (χ2n) is 4.27. The molecule has 0 saturated carbocycles. The number of aromatic nitrogens is 3. The fourth-order valence-electron chi connectivity index (χ4n) is 1.82. The van der Waals surface area contributed by atoms with Gasteiger partial charge in [-0.1, -0.05) is 36.2 Å². The van der Waals surface area contributed by atoms with Crippen LogP contribution in [0.1, 0.15) is 31.0 Å². The number of hydrogen-bond acceptors (Lipinski definition) is 3. The first-order valence-corrected chi connectivity index (χ1v) is 7.62. The molecule has 102 valence electrons. The zero-order valence-corrected chi connectivity index (χ0v) is 13.5. The molecule has 1 aromatic carbocycles. The molecule has 0 fully saturated rings. The number of benzene rings is 1. The molecule has 0 saturated heterocycles. The van der Waals surface area contributed by atoms with Crippen molar-refractivity contribution >= 4 is 34.2 Å². The average molecular weight is 392 g/mol. The van der Waals surface area contributed by atoms with Crippen LogP contribution in [0.3, 0.4) is 0 Å². The van der Waals surface area contributed by atoms with Gasteiger partial charge in [-0.3, -0.25) is 0 Å². The fourth-order valence-corrected chi connectivity index (χ4v) is 2.72. The first-order chi connectivity index (χ1) is 9.17. The van der Waals surface area contributed by atoms with Crippen LogP contribution in [0, 0.1) is 3.70 Å². The first kappa shape index (κ1) is 14.7. The van der Waals surface area contributed by atoms with E-state index in [2.05, 4.69) is 39.8 Å². The Labute approximate surface area is 130 Å². The Morgan fingerprint density at radius 2 is 2.21 bits per heavy atom. The van der Waals surface area contributed by atoms with Crippen LogP contribution in [0.25, 0.3) is 5.69 Å². The third-order valence-corrected chi connectivity index (χ3v) is 4.21. The summed E-state index contributed by atoms with van der Waals surface area (Å²) in [5, 5.41) is 18.4. The molecule has 0 radical (unpaired) electrons. The molecule has 0 atom stereocenters. The van der Waals surface area contributed by atoms with E-state index in [1.54, 1.807) is 22.9 Å². The van der Waals surface area contributed by atoms with E-state index < -0.39 is 0 Å². The van der Waals surface area contributed by atoms with Crippen LogP contribution >= 0.6 is 34.2 Å². The predicted molar refractivity (Wildman–Crippen MR) is 83.6 cm³/mol. The molecule has 2 aromatic rings. The topological polar surface area (TPSA) is 50.9 Å². The zero-order chi connectivity index (χ0) is 13.8. The molecule has 0 spiro atoms. The summed E-state index contributed by atoms with van der Waals surface area (Å²) in [7, 11) is 0. The van der Waals surface area contributed by atoms with Gasteiger partial charge in [-0.25, -0.2) is 4.68 Å². The van der Waals surface area contributed by atoms with Gasteiger partial charge in [0.05, 0.1) is 18.0 Å². The minimum atomic E-state index is -0.0489. The van der Waals surface area contributed by atoms with Crippen molar-refractivity contribution in [2.45, 2.75) is 32.8 Å². The number of nitrogens with zero attached hydrogens (tertiary/aromatic N) is 3. The summed E-state index contributed by atoms with van der Waals surface area (Å²) in [6, 6.07) is 5.37. The van der Waals surface area contributed by atoms with E-state index >= 15 is 0 Å². The van der Waals surface area contributed by atoms with E-state index in [9.17, 15) is 5.11 Å². The van der Waals surface area contributed by atoms with Crippen molar-refractivity contribution < 1.29 is 5.11 Å². The van der Waals surface area contributed by atoms with Crippen molar-refractivity contribution in [1.82, 2.24) is 15.0 Å². The summed E-state index contributed by atoms with van der Waals surface area (Å²) >= 11 is 8.26. The molecule has 0 aliphatic carbocycles. The number of aliphatic hydroxyl groups is 1. The van der Waals surface area contributed by atoms with Crippen LogP contribution in [0.5, 0.6) is 0 Å². The van der Waals surface area contributed by atoms with Crippen molar-refractivity contribution in [2.75, 3.05) is 0 Å². The highest BCUT2D eigenvalue weighted by molar-refractivity contribution is 14.1. The number of halogens is 2. The van der Waals surface area contributed by atoms with Gasteiger partial charge in [-0.15, -0.1) is 5.10 Å². The number of aryl methyl sites for hydroxylation is 1. The monoisotopic (exact) mass is 391 g/mol. The van der Waals surface area contributed by atoms with Crippen LogP contribution in [0.2, 0.25) is 5.02 Å². The minimum absolute atomic E-state index is 0.0489. The quantitative estimate of drug-likeness (QED) is 0.795. The number of unbranched alkanes of at least 4 members (excludes halogenated alkanes) is 1. The maximum atomic E-state index is 9.40. The van der Waals surface area contributed by atoms with E-state index in [4.69, 9.17) is 11.6 Å². The summed E-state index contributed by atoms with van der Waals surface area (Å²) in [5.74, 6) is 0. The van der Waals surface area contributed by atoms with Crippen LogP contribution < -0.4 is 0 Å². The molecule has 19 heavy (non-hydrogen) atoms. The number of aliphatic hydroxyl groups excluding tert-OH is 1. The Kier molecular flexibility index (Phi) is 5.18. The van der Waals surface area contributed by atoms with Crippen molar-refractivity contribution in [1.29, 1.82) is 0 Å². The van der Waals surface area contributed by atoms with E-state index in [1.165, 1.54) is 0 Å². The zero-order valence-electron chi connectivity index (χ0n) is 10.6. The van der Waals surface area contributed by atoms with Gasteiger partial charge < -0.3 is 5.11 Å². The Bertz CT molecular complexity index is 571. The molecule has 1 N–H and O–H groups in total. The summed E-state index contributed by atoms with van der Waals surface area (Å²) < 4.78 is 2.71. The van der Waals surface area contributed by atoms with Gasteiger partial charge in [0, 0.05) is 10.6 Å². The summed E-state index contributed by atoms with van der Waals surface area (Å²) in [6.45, 7) is 2.10. The lowest BCUT2D eigenvalue weighted by Crippen LogP contribution is -2.04. The number of rotatable bonds is 5. The van der Waals surface area contributed by atoms with Gasteiger partial charge in [-0.2, -0.15) is 0 Å². The molecular formula is C13H15ClIN3O. The average Bonchev–Trinajstić information content (AvgIpc) is 2.77. The molecule has 0 unspecified atom stereocenters. The molecule has 4 nitrogen and oxygen atoms in total. The van der Waals surface area contributed by atoms with E-state index in [0.29, 0.717) is 5.02 Å². The highest BCUT2D eigenvalue weighted by Gasteiger charge is 2.14. The van der Waals surface area contributed by atoms with Gasteiger partial charge in [-0.05, 0) is 47.6 Å². The predicted octanol–water partition coefficient (Wildman–Crippen LogP) is 3.36. The maximum Gasteiger partial charge on any atom is 0.128 e. The molecule has 0 aliphatic heterocycles. The molecule has 1 heterocycles. The van der Waals surface area contributed by atoms with Gasteiger partial charge >= 0.3 is 0 Å². The molecule has 1 aromatic heterocycles. The standard InChI is InChI=1S/C13H15ClIN3O/c1-2-3-4-11-13(15)18(17-16-11)12-7-10(14)6-5-9(12)8-19/h5-7,19H,2-4,8H2,1H3. The molecule has 6 heteroatoms. The largest absolute Gasteiger partial charge is 0.392 e. The van der Waals surface area contributed by atoms with E-state index in [0.717, 1.165) is 39.9 Å². The Morgan fingerprint density at radius 1 is 1.42 bits per heavy atom. The molecule has 0 aliphatic rings. The summed E-state index contributed by atoms with van der Waals surface area (Å²) in [5.41, 5.74) is 2.57. The van der Waals surface area contributed by atoms with Crippen LogP contribution in [-0.2, 0) is 13.0 Å². The lowest BCUT2D eigenvalue weighted by atomic mass is 10.2. The summed E-state index contributed by atoms with van der Waals surface area (Å²) in [6.07, 6.45) is 3.14. The SMILES string of the molecule is CCCCc1nnn(-c2cc(Cl)ccc2CO)c1I. The van der Waals surface area contributed by atoms with Crippen molar-refractivity contribution in [2.24, 2.45) is 0 Å². The molecule has 0 amide bonds. The molecular weight excluding hydrogens is 377 g/mol. The number of hydrogen-bond donors (Lipinski definition) is 1. The lowest BCUT2D eigenvalue weighted by Gasteiger charge is -2.08. The van der Waals surface area contributed by atoms with E-state index in [-0.39, 0.29) is 6.61 Å². The van der Waals surface area contributed by atoms with Gasteiger partial charge in [0.2, 0.25) is 0 Å². The highest BCUT2D eigenvalue weighted by atomic mass is 127. The lowest BCUT2D eigenvalue weighted by molar-refractivity contribution is 0.281. The second-order valence-corrected chi connectivity index (χ2v) is 5.73. The smallest absolute Gasteiger partial charge is 0.128 e. The second kappa shape index (κ2) is 6.67. The molecule has 0 bridgehead atoms. The van der Waals surface area contributed by atoms with Gasteiger partial charge in [0.1, 0.15) is 3.70 Å². The van der Waals surface area contributed by atoms with Crippen molar-refractivity contribution in [3.63, 3.8) is 0 Å². The Hall–Kier alpha value is -0.660. The normalized spacial score (nSPS) is 10.9. The summed E-state index contributed by atoms with van der Waals surface area (Å²) in [4.78, 5) is 0. The third-order valence-electron chi connectivity index (χ3n) is 2.89. The van der Waals surface area contributed by atoms with Crippen molar-refractivity contribution in [3.8, 4) is 5.69 Å². The first-order valence-electron chi connectivity index (χ1n) is 6.17. The van der Waals surface area contributed by atoms with E-state index in [1.807, 2.05) is 0 Å². The Morgan fingerprint density at radius 3 is 2.89 bits per heavy atom. The van der Waals surface area contributed by atoms with Crippen LogP contribution in [0.15, 0.2) is 18.2 Å². The minimum Gasteiger partial charge on any atom is -0.392 e. The fraction of sp³-hybridized carbons (Fsp3) is 0.385.